The Morgan fingerprint density at radius 3 is 2.05 bits per heavy atom. The maximum absolute atomic E-state index is 14.4. The first kappa shape index (κ1) is 32.3. The monoisotopic (exact) mass is 575 g/mol. The van der Waals surface area contributed by atoms with Crippen molar-refractivity contribution in [1.82, 2.24) is 0 Å². The number of rotatable bonds is 9. The fourth-order valence-electron chi connectivity index (χ4n) is 11.3. The van der Waals surface area contributed by atoms with Crippen LogP contribution < -0.4 is 5.73 Å². The van der Waals surface area contributed by atoms with Gasteiger partial charge in [0.1, 0.15) is 22.8 Å². The molecule has 0 bridgehead atoms. The number of hydrogen-bond acceptors (Lipinski definition) is 7. The number of aliphatic hydroxyl groups excluding tert-OH is 3. The SMILES string of the molecule is CC(=O)C1C(O)CC2CC(O)C3C4CCC(C(C)CCC(N)=O)C4(C)C(O)CC3C2(C)C1(C(C)=O)C(=O)CC(C)C. The van der Waals surface area contributed by atoms with Crippen LogP contribution in [-0.4, -0.2) is 56.9 Å². The molecule has 1 amide bonds. The molecule has 0 spiro atoms. The Balaban J connectivity index is 1.87. The van der Waals surface area contributed by atoms with Crippen molar-refractivity contribution < 1.29 is 34.5 Å². The van der Waals surface area contributed by atoms with Crippen LogP contribution in [0.1, 0.15) is 99.8 Å². The van der Waals surface area contributed by atoms with Crippen molar-refractivity contribution in [2.75, 3.05) is 0 Å². The predicted molar refractivity (Wildman–Crippen MR) is 154 cm³/mol. The van der Waals surface area contributed by atoms with E-state index in [1.165, 1.54) is 13.8 Å². The second-order valence-corrected chi connectivity index (χ2v) is 15.1. The maximum atomic E-state index is 14.4. The van der Waals surface area contributed by atoms with Gasteiger partial charge in [-0.2, -0.15) is 0 Å². The third kappa shape index (κ3) is 4.57. The number of carbonyl (C=O) groups excluding carboxylic acids is 4. The van der Waals surface area contributed by atoms with E-state index < -0.39 is 46.3 Å². The van der Waals surface area contributed by atoms with Gasteiger partial charge in [0.2, 0.25) is 5.91 Å². The van der Waals surface area contributed by atoms with Crippen LogP contribution in [0.15, 0.2) is 0 Å². The molecule has 4 aliphatic rings. The Labute approximate surface area is 245 Å². The highest BCUT2D eigenvalue weighted by atomic mass is 16.3. The van der Waals surface area contributed by atoms with Gasteiger partial charge in [0.25, 0.3) is 0 Å². The molecule has 4 aliphatic carbocycles. The third-order valence-corrected chi connectivity index (χ3v) is 12.9. The highest BCUT2D eigenvalue weighted by Crippen LogP contribution is 2.73. The number of fused-ring (bicyclic) bond motifs is 5. The molecule has 232 valence electrons. The van der Waals surface area contributed by atoms with Gasteiger partial charge in [0, 0.05) is 12.8 Å². The summed E-state index contributed by atoms with van der Waals surface area (Å²) in [6.45, 7) is 12.8. The maximum Gasteiger partial charge on any atom is 0.217 e. The standard InChI is InChI=1S/C33H53NO7/c1-16(2)12-27(40)33(19(5)36)30(18(4)35)25(38)14-20-13-24(37)29-22-10-9-21(17(3)8-11-28(34)41)31(22,6)26(39)15-23(29)32(20,33)7/h16-17,20-26,29-30,37-39H,8-15H2,1-7H3,(H2,34,41). The fourth-order valence-corrected chi connectivity index (χ4v) is 11.3. The number of amides is 1. The quantitative estimate of drug-likeness (QED) is 0.307. The van der Waals surface area contributed by atoms with Crippen LogP contribution in [0.25, 0.3) is 0 Å². The Morgan fingerprint density at radius 2 is 1.51 bits per heavy atom. The lowest BCUT2D eigenvalue weighted by atomic mass is 9.34. The minimum absolute atomic E-state index is 0.0439. The van der Waals surface area contributed by atoms with E-state index in [2.05, 4.69) is 13.8 Å². The van der Waals surface area contributed by atoms with E-state index in [1.54, 1.807) is 0 Å². The zero-order valence-corrected chi connectivity index (χ0v) is 26.1. The van der Waals surface area contributed by atoms with Gasteiger partial charge in [-0.3, -0.25) is 19.2 Å². The molecule has 0 aliphatic heterocycles. The van der Waals surface area contributed by atoms with Gasteiger partial charge in [0.05, 0.1) is 24.2 Å². The van der Waals surface area contributed by atoms with Crippen molar-refractivity contribution in [3.63, 3.8) is 0 Å². The molecule has 4 fully saturated rings. The summed E-state index contributed by atoms with van der Waals surface area (Å²) >= 11 is 0. The van der Waals surface area contributed by atoms with Crippen molar-refractivity contribution in [3.05, 3.63) is 0 Å². The summed E-state index contributed by atoms with van der Waals surface area (Å²) < 4.78 is 0. The van der Waals surface area contributed by atoms with Gasteiger partial charge in [-0.15, -0.1) is 0 Å². The summed E-state index contributed by atoms with van der Waals surface area (Å²) in [6, 6.07) is 0. The highest BCUT2D eigenvalue weighted by Gasteiger charge is 2.76. The largest absolute Gasteiger partial charge is 0.393 e. The number of nitrogens with two attached hydrogens (primary N) is 1. The number of aliphatic hydroxyl groups is 3. The first-order valence-electron chi connectivity index (χ1n) is 15.8. The fraction of sp³-hybridized carbons (Fsp3) is 0.879. The van der Waals surface area contributed by atoms with Crippen molar-refractivity contribution in [2.24, 2.45) is 69.3 Å². The van der Waals surface area contributed by atoms with E-state index in [1.807, 2.05) is 20.8 Å². The van der Waals surface area contributed by atoms with E-state index in [-0.39, 0.29) is 78.2 Å². The molecular weight excluding hydrogens is 522 g/mol. The smallest absolute Gasteiger partial charge is 0.217 e. The molecule has 13 atom stereocenters. The van der Waals surface area contributed by atoms with Crippen molar-refractivity contribution in [1.29, 1.82) is 0 Å². The molecule has 5 N–H and O–H groups in total. The molecule has 41 heavy (non-hydrogen) atoms. The molecule has 0 aromatic rings. The number of hydrogen-bond donors (Lipinski definition) is 4. The van der Waals surface area contributed by atoms with Gasteiger partial charge in [-0.05, 0) is 105 Å². The number of primary amides is 1. The highest BCUT2D eigenvalue weighted by molar-refractivity contribution is 6.11. The molecule has 8 nitrogen and oxygen atoms in total. The van der Waals surface area contributed by atoms with E-state index in [0.717, 1.165) is 12.8 Å². The first-order valence-corrected chi connectivity index (χ1v) is 15.8. The molecular formula is C33H53NO7. The van der Waals surface area contributed by atoms with Crippen LogP contribution in [0.5, 0.6) is 0 Å². The van der Waals surface area contributed by atoms with Gasteiger partial charge in [-0.1, -0.05) is 34.6 Å². The molecule has 0 heterocycles. The van der Waals surface area contributed by atoms with Crippen molar-refractivity contribution >= 4 is 23.3 Å². The average molecular weight is 576 g/mol. The molecule has 8 heteroatoms. The summed E-state index contributed by atoms with van der Waals surface area (Å²) in [5.41, 5.74) is 2.20. The molecule has 0 saturated heterocycles. The number of carbonyl (C=O) groups is 4. The Kier molecular flexibility index (Phi) is 8.76. The molecule has 0 aromatic carbocycles. The van der Waals surface area contributed by atoms with E-state index in [9.17, 15) is 34.5 Å². The summed E-state index contributed by atoms with van der Waals surface area (Å²) in [7, 11) is 0. The zero-order chi connectivity index (χ0) is 30.8. The zero-order valence-electron chi connectivity index (χ0n) is 26.1. The molecule has 4 rings (SSSR count). The molecule has 0 radical (unpaired) electrons. The lowest BCUT2D eigenvalue weighted by Gasteiger charge is -2.69. The summed E-state index contributed by atoms with van der Waals surface area (Å²) in [5.74, 6) is -3.33. The predicted octanol–water partition coefficient (Wildman–Crippen LogP) is 3.47. The van der Waals surface area contributed by atoms with Crippen molar-refractivity contribution in [3.8, 4) is 0 Å². The van der Waals surface area contributed by atoms with Crippen LogP contribution >= 0.6 is 0 Å². The van der Waals surface area contributed by atoms with Crippen LogP contribution in [0.2, 0.25) is 0 Å². The minimum Gasteiger partial charge on any atom is -0.393 e. The lowest BCUT2D eigenvalue weighted by Crippen LogP contribution is -2.73. The van der Waals surface area contributed by atoms with E-state index >= 15 is 0 Å². The average Bonchev–Trinajstić information content (AvgIpc) is 3.21. The number of Topliss-reactive ketones (excluding diaryl/α,β-unsaturated/α-hetero) is 3. The van der Waals surface area contributed by atoms with E-state index in [4.69, 9.17) is 5.73 Å². The number of ketones is 3. The normalized spacial score (nSPS) is 46.3. The van der Waals surface area contributed by atoms with Crippen LogP contribution in [0.4, 0.5) is 0 Å². The summed E-state index contributed by atoms with van der Waals surface area (Å²) in [4.78, 5) is 53.3. The second-order valence-electron chi connectivity index (χ2n) is 15.1. The van der Waals surface area contributed by atoms with Crippen molar-refractivity contribution in [2.45, 2.75) is 118 Å². The van der Waals surface area contributed by atoms with Gasteiger partial charge in [-0.25, -0.2) is 0 Å². The third-order valence-electron chi connectivity index (χ3n) is 12.9. The first-order chi connectivity index (χ1) is 19.0. The minimum atomic E-state index is -1.73. The second kappa shape index (κ2) is 11.1. The Hall–Kier alpha value is -1.64. The lowest BCUT2D eigenvalue weighted by molar-refractivity contribution is -0.250. The van der Waals surface area contributed by atoms with Crippen LogP contribution in [-0.2, 0) is 19.2 Å². The summed E-state index contributed by atoms with van der Waals surface area (Å²) in [5, 5.41) is 35.2. The van der Waals surface area contributed by atoms with Gasteiger partial charge in [0.15, 0.2) is 0 Å². The van der Waals surface area contributed by atoms with Crippen LogP contribution in [0.3, 0.4) is 0 Å². The molecule has 0 aromatic heterocycles. The van der Waals surface area contributed by atoms with Gasteiger partial charge < -0.3 is 21.1 Å². The summed E-state index contributed by atoms with van der Waals surface area (Å²) in [6.07, 6.45) is 0.967. The van der Waals surface area contributed by atoms with Crippen LogP contribution in [0, 0.1) is 63.6 Å². The Bertz CT molecular complexity index is 1070. The van der Waals surface area contributed by atoms with Gasteiger partial charge >= 0.3 is 0 Å². The topological polar surface area (TPSA) is 155 Å². The van der Waals surface area contributed by atoms with E-state index in [0.29, 0.717) is 19.3 Å². The Morgan fingerprint density at radius 1 is 0.902 bits per heavy atom. The molecule has 13 unspecified atom stereocenters. The molecule has 4 saturated carbocycles.